The van der Waals surface area contributed by atoms with E-state index in [1.807, 2.05) is 6.92 Å². The van der Waals surface area contributed by atoms with Crippen molar-refractivity contribution in [1.82, 2.24) is 4.57 Å². The van der Waals surface area contributed by atoms with Gasteiger partial charge in [-0.05, 0) is 19.1 Å². The van der Waals surface area contributed by atoms with Gasteiger partial charge in [0.25, 0.3) is 0 Å². The molecular weight excluding hydrogens is 283 g/mol. The van der Waals surface area contributed by atoms with Gasteiger partial charge in [0, 0.05) is 30.7 Å². The molecule has 0 unspecified atom stereocenters. The van der Waals surface area contributed by atoms with Crippen LogP contribution in [0.3, 0.4) is 0 Å². The molecule has 1 heterocycles. The molecule has 0 aliphatic rings. The molecule has 2 rings (SSSR count). The van der Waals surface area contributed by atoms with E-state index < -0.39 is 11.4 Å². The minimum absolute atomic E-state index is 0. The fourth-order valence-corrected chi connectivity index (χ4v) is 2.05. The Balaban J connectivity index is 0.00000220. The van der Waals surface area contributed by atoms with E-state index in [0.717, 1.165) is 0 Å². The van der Waals surface area contributed by atoms with Crippen LogP contribution in [0.25, 0.3) is 10.9 Å². The zero-order valence-electron chi connectivity index (χ0n) is 13.1. The maximum atomic E-state index is 12.1. The molecule has 1 aromatic heterocycles. The summed E-state index contributed by atoms with van der Waals surface area (Å²) in [6.45, 7) is 3.21. The average molecular weight is 300 g/mol. The molecule has 0 aliphatic heterocycles. The summed E-state index contributed by atoms with van der Waals surface area (Å²) in [4.78, 5) is 23.2. The van der Waals surface area contributed by atoms with E-state index in [9.17, 15) is 9.59 Å². The van der Waals surface area contributed by atoms with Gasteiger partial charge in [-0.25, -0.2) is 4.79 Å². The third-order valence-corrected chi connectivity index (χ3v) is 3.01. The van der Waals surface area contributed by atoms with Crippen LogP contribution in [0.5, 0.6) is 5.75 Å². The van der Waals surface area contributed by atoms with Crippen molar-refractivity contribution in [3.8, 4) is 5.75 Å². The summed E-state index contributed by atoms with van der Waals surface area (Å²) >= 11 is 0. The largest absolute Gasteiger partial charge is 1.00 e. The number of carboxylic acids is 1. The van der Waals surface area contributed by atoms with Crippen molar-refractivity contribution in [2.75, 3.05) is 13.2 Å². The first-order chi connectivity index (χ1) is 9.58. The van der Waals surface area contributed by atoms with Gasteiger partial charge in [0.05, 0.1) is 5.52 Å². The van der Waals surface area contributed by atoms with Gasteiger partial charge in [-0.2, -0.15) is 0 Å². The molecule has 21 heavy (non-hydrogen) atoms. The Bertz CT molecular complexity index is 718. The minimum Gasteiger partial charge on any atom is -1.00 e. The van der Waals surface area contributed by atoms with Crippen LogP contribution in [0, 0.1) is 0 Å². The van der Waals surface area contributed by atoms with Gasteiger partial charge >= 0.3 is 35.5 Å². The fraction of sp³-hybridized carbons (Fsp3) is 0.286. The van der Waals surface area contributed by atoms with E-state index in [2.05, 4.69) is 0 Å². The van der Waals surface area contributed by atoms with Gasteiger partial charge in [-0.3, -0.25) is 4.79 Å². The van der Waals surface area contributed by atoms with E-state index in [1.54, 1.807) is 22.8 Å². The van der Waals surface area contributed by atoms with Crippen LogP contribution in [0.4, 0.5) is 0 Å². The van der Waals surface area contributed by atoms with Crippen LogP contribution < -0.4 is 45.5 Å². The van der Waals surface area contributed by atoms with Gasteiger partial charge in [-0.15, -0.1) is 0 Å². The molecule has 3 N–H and O–H groups in total. The number of nitrogens with zero attached hydrogens (tertiary/aromatic N) is 1. The Morgan fingerprint density at radius 2 is 2.19 bits per heavy atom. The van der Waals surface area contributed by atoms with Crippen LogP contribution >= 0.6 is 0 Å². The van der Waals surface area contributed by atoms with Gasteiger partial charge in [0.2, 0.25) is 5.43 Å². The first-order valence-corrected chi connectivity index (χ1v) is 6.31. The zero-order chi connectivity index (χ0) is 14.7. The summed E-state index contributed by atoms with van der Waals surface area (Å²) in [6.07, 6.45) is 1.36. The molecule has 0 spiro atoms. The van der Waals surface area contributed by atoms with Gasteiger partial charge in [0.15, 0.2) is 0 Å². The molecule has 0 bridgehead atoms. The van der Waals surface area contributed by atoms with Crippen molar-refractivity contribution < 1.29 is 45.6 Å². The molecule has 7 heteroatoms. The van der Waals surface area contributed by atoms with Crippen molar-refractivity contribution in [3.05, 3.63) is 40.2 Å². The molecule has 0 radical (unpaired) electrons. The summed E-state index contributed by atoms with van der Waals surface area (Å²) in [5.74, 6) is -0.616. The van der Waals surface area contributed by atoms with Crippen LogP contribution in [0.2, 0.25) is 0 Å². The third kappa shape index (κ3) is 3.65. The first kappa shape index (κ1) is 17.7. The SMILES string of the molecule is CCn1cc(C(=O)O)c(=O)c2ccc(OCCN)cc21.[H-].[Na+]. The average Bonchev–Trinajstić information content (AvgIpc) is 2.45. The molecular formula is C14H17N2NaO4. The molecule has 0 amide bonds. The number of pyridine rings is 1. The molecule has 0 atom stereocenters. The van der Waals surface area contributed by atoms with Crippen LogP contribution in [0.15, 0.2) is 29.2 Å². The van der Waals surface area contributed by atoms with Crippen molar-refractivity contribution in [1.29, 1.82) is 0 Å². The summed E-state index contributed by atoms with van der Waals surface area (Å²) in [5, 5.41) is 9.43. The molecule has 0 fully saturated rings. The molecule has 6 nitrogen and oxygen atoms in total. The standard InChI is InChI=1S/C14H16N2O4.Na.H/c1-2-16-8-11(14(18)19)13(17)10-4-3-9(7-12(10)16)20-6-5-15;;/h3-4,7-8H,2,5-6,15H2,1H3,(H,18,19);;/q;+1;-1. The number of ether oxygens (including phenoxy) is 1. The number of hydrogen-bond donors (Lipinski definition) is 2. The number of benzene rings is 1. The summed E-state index contributed by atoms with van der Waals surface area (Å²) in [5.41, 5.74) is 5.32. The number of rotatable bonds is 5. The van der Waals surface area contributed by atoms with Crippen LogP contribution in [-0.2, 0) is 6.54 Å². The number of fused-ring (bicyclic) bond motifs is 1. The van der Waals surface area contributed by atoms with Crippen molar-refractivity contribution >= 4 is 16.9 Å². The zero-order valence-corrected chi connectivity index (χ0v) is 14.1. The maximum absolute atomic E-state index is 12.1. The Morgan fingerprint density at radius 1 is 1.48 bits per heavy atom. The van der Waals surface area contributed by atoms with Gasteiger partial charge in [-0.1, -0.05) is 0 Å². The Morgan fingerprint density at radius 3 is 2.76 bits per heavy atom. The van der Waals surface area contributed by atoms with Gasteiger partial charge < -0.3 is 21.6 Å². The maximum Gasteiger partial charge on any atom is 1.00 e. The van der Waals surface area contributed by atoms with Crippen molar-refractivity contribution in [2.24, 2.45) is 5.73 Å². The van der Waals surface area contributed by atoms with Crippen LogP contribution in [0.1, 0.15) is 18.7 Å². The van der Waals surface area contributed by atoms with E-state index in [1.165, 1.54) is 6.20 Å². The van der Waals surface area contributed by atoms with Crippen molar-refractivity contribution in [3.63, 3.8) is 0 Å². The number of aromatic nitrogens is 1. The summed E-state index contributed by atoms with van der Waals surface area (Å²) in [7, 11) is 0. The van der Waals surface area contributed by atoms with Gasteiger partial charge in [0.1, 0.15) is 17.9 Å². The van der Waals surface area contributed by atoms with E-state index in [0.29, 0.717) is 36.3 Å². The monoisotopic (exact) mass is 300 g/mol. The Kier molecular flexibility index (Phi) is 6.42. The second-order valence-corrected chi connectivity index (χ2v) is 4.28. The molecule has 0 saturated carbocycles. The molecule has 1 aromatic carbocycles. The van der Waals surface area contributed by atoms with E-state index >= 15 is 0 Å². The normalized spacial score (nSPS) is 10.2. The number of carboxylic acid groups (broad SMARTS) is 1. The number of aromatic carboxylic acids is 1. The Labute approximate surface area is 145 Å². The predicted molar refractivity (Wildman–Crippen MR) is 76.5 cm³/mol. The molecule has 0 saturated heterocycles. The van der Waals surface area contributed by atoms with Crippen LogP contribution in [-0.4, -0.2) is 28.8 Å². The number of nitrogens with two attached hydrogens (primary N) is 1. The second-order valence-electron chi connectivity index (χ2n) is 4.28. The molecule has 2 aromatic rings. The topological polar surface area (TPSA) is 94.5 Å². The number of carbonyl (C=O) groups is 1. The number of hydrogen-bond acceptors (Lipinski definition) is 4. The quantitative estimate of drug-likeness (QED) is 0.634. The van der Waals surface area contributed by atoms with E-state index in [-0.39, 0.29) is 36.5 Å². The number of aryl methyl sites for hydroxylation is 1. The smallest absolute Gasteiger partial charge is 1.00 e. The van der Waals surface area contributed by atoms with E-state index in [4.69, 9.17) is 15.6 Å². The first-order valence-electron chi connectivity index (χ1n) is 6.31. The molecule has 108 valence electrons. The predicted octanol–water partition coefficient (Wildman–Crippen LogP) is -1.83. The minimum atomic E-state index is -1.22. The molecule has 0 aliphatic carbocycles. The summed E-state index contributed by atoms with van der Waals surface area (Å²) < 4.78 is 7.14. The summed E-state index contributed by atoms with van der Waals surface area (Å²) in [6, 6.07) is 4.95. The second kappa shape index (κ2) is 7.61. The third-order valence-electron chi connectivity index (χ3n) is 3.01. The fourth-order valence-electron chi connectivity index (χ4n) is 2.05. The Hall–Kier alpha value is -1.34. The van der Waals surface area contributed by atoms with Crippen molar-refractivity contribution in [2.45, 2.75) is 13.5 Å².